The first-order valence-corrected chi connectivity index (χ1v) is 10.5. The highest BCUT2D eigenvalue weighted by Gasteiger charge is 2.27. The van der Waals surface area contributed by atoms with Crippen molar-refractivity contribution < 1.29 is 9.59 Å². The molecule has 152 valence electrons. The molecule has 2 amide bonds. The summed E-state index contributed by atoms with van der Waals surface area (Å²) in [6.45, 7) is 1.15. The Labute approximate surface area is 181 Å². The van der Waals surface area contributed by atoms with E-state index >= 15 is 0 Å². The number of carbonyl (C=O) groups is 2. The van der Waals surface area contributed by atoms with Gasteiger partial charge in [-0.1, -0.05) is 54.1 Å². The van der Waals surface area contributed by atoms with E-state index in [2.05, 4.69) is 17.4 Å². The zero-order chi connectivity index (χ0) is 20.9. The van der Waals surface area contributed by atoms with Gasteiger partial charge in [-0.15, -0.1) is 0 Å². The van der Waals surface area contributed by atoms with Gasteiger partial charge in [0.25, 0.3) is 5.91 Å². The maximum Gasteiger partial charge on any atom is 0.253 e. The van der Waals surface area contributed by atoms with Crippen LogP contribution < -0.4 is 5.32 Å². The number of anilines is 1. The van der Waals surface area contributed by atoms with Crippen LogP contribution in [0.15, 0.2) is 78.9 Å². The van der Waals surface area contributed by atoms with Crippen LogP contribution in [0.4, 0.5) is 5.69 Å². The van der Waals surface area contributed by atoms with Gasteiger partial charge in [0.05, 0.1) is 0 Å². The summed E-state index contributed by atoms with van der Waals surface area (Å²) in [5, 5.41) is 3.63. The Bertz CT molecular complexity index is 1010. The third-order valence-corrected chi connectivity index (χ3v) is 5.76. The van der Waals surface area contributed by atoms with E-state index in [9.17, 15) is 9.59 Å². The number of hydrogen-bond acceptors (Lipinski definition) is 2. The van der Waals surface area contributed by atoms with Gasteiger partial charge >= 0.3 is 0 Å². The van der Waals surface area contributed by atoms with Crippen LogP contribution in [0.2, 0.25) is 5.02 Å². The normalized spacial score (nSPS) is 14.4. The highest BCUT2D eigenvalue weighted by atomic mass is 35.5. The Kier molecular flexibility index (Phi) is 6.15. The summed E-state index contributed by atoms with van der Waals surface area (Å²) >= 11 is 5.89. The number of rotatable bonds is 4. The number of piperidine rings is 1. The quantitative estimate of drug-likeness (QED) is 0.608. The van der Waals surface area contributed by atoms with Crippen molar-refractivity contribution in [1.29, 1.82) is 0 Å². The molecular weight excluding hydrogens is 396 g/mol. The first-order valence-electron chi connectivity index (χ1n) is 10.1. The van der Waals surface area contributed by atoms with E-state index in [4.69, 9.17) is 11.6 Å². The van der Waals surface area contributed by atoms with Crippen LogP contribution in [-0.2, 0) is 4.79 Å². The number of amides is 2. The van der Waals surface area contributed by atoms with Crippen molar-refractivity contribution in [2.24, 2.45) is 5.92 Å². The van der Waals surface area contributed by atoms with E-state index in [1.165, 1.54) is 0 Å². The predicted octanol–water partition coefficient (Wildman–Crippen LogP) is 5.50. The summed E-state index contributed by atoms with van der Waals surface area (Å²) in [5.41, 5.74) is 3.68. The van der Waals surface area contributed by atoms with Crippen molar-refractivity contribution in [2.75, 3.05) is 18.4 Å². The molecule has 0 radical (unpaired) electrons. The Hall–Kier alpha value is -3.11. The number of halogens is 1. The minimum Gasteiger partial charge on any atom is -0.339 e. The highest BCUT2D eigenvalue weighted by molar-refractivity contribution is 6.30. The van der Waals surface area contributed by atoms with Gasteiger partial charge in [-0.3, -0.25) is 9.59 Å². The van der Waals surface area contributed by atoms with E-state index in [1.807, 2.05) is 47.4 Å². The Morgan fingerprint density at radius 2 is 1.40 bits per heavy atom. The van der Waals surface area contributed by atoms with Crippen LogP contribution in [0.25, 0.3) is 11.1 Å². The van der Waals surface area contributed by atoms with E-state index in [1.54, 1.807) is 24.3 Å². The second kappa shape index (κ2) is 9.14. The molecule has 4 nitrogen and oxygen atoms in total. The van der Waals surface area contributed by atoms with Crippen LogP contribution in [-0.4, -0.2) is 29.8 Å². The zero-order valence-electron chi connectivity index (χ0n) is 16.6. The van der Waals surface area contributed by atoms with Crippen LogP contribution in [0.1, 0.15) is 23.2 Å². The molecule has 0 unspecified atom stereocenters. The predicted molar refractivity (Wildman–Crippen MR) is 121 cm³/mol. The van der Waals surface area contributed by atoms with Crippen LogP contribution in [0, 0.1) is 5.92 Å². The van der Waals surface area contributed by atoms with Gasteiger partial charge < -0.3 is 10.2 Å². The molecule has 0 aromatic heterocycles. The van der Waals surface area contributed by atoms with Gasteiger partial charge in [-0.05, 0) is 60.4 Å². The number of nitrogens with zero attached hydrogens (tertiary/aromatic N) is 1. The fourth-order valence-electron chi connectivity index (χ4n) is 3.74. The second-order valence-corrected chi connectivity index (χ2v) is 7.94. The van der Waals surface area contributed by atoms with E-state index in [0.717, 1.165) is 16.8 Å². The lowest BCUT2D eigenvalue weighted by Gasteiger charge is -2.31. The standard InChI is InChI=1S/C25H23ClN2O2/c26-22-10-6-21(7-11-22)25(30)28-16-14-20(15-17-28)24(29)27-23-12-8-19(9-13-23)18-4-2-1-3-5-18/h1-13,20H,14-17H2,(H,27,29). The lowest BCUT2D eigenvalue weighted by Crippen LogP contribution is -2.41. The molecular formula is C25H23ClN2O2. The third-order valence-electron chi connectivity index (χ3n) is 5.50. The first kappa shape index (κ1) is 20.2. The van der Waals surface area contributed by atoms with Gasteiger partial charge in [0.1, 0.15) is 0 Å². The van der Waals surface area contributed by atoms with Crippen molar-refractivity contribution in [2.45, 2.75) is 12.8 Å². The number of likely N-dealkylation sites (tertiary alicyclic amines) is 1. The van der Waals surface area contributed by atoms with Gasteiger partial charge in [0, 0.05) is 35.3 Å². The topological polar surface area (TPSA) is 49.4 Å². The second-order valence-electron chi connectivity index (χ2n) is 7.51. The van der Waals surface area contributed by atoms with Crippen LogP contribution >= 0.6 is 11.6 Å². The smallest absolute Gasteiger partial charge is 0.253 e. The van der Waals surface area contributed by atoms with E-state index in [-0.39, 0.29) is 17.7 Å². The monoisotopic (exact) mass is 418 g/mol. The maximum atomic E-state index is 12.7. The van der Waals surface area contributed by atoms with Gasteiger partial charge in [0.2, 0.25) is 5.91 Å². The average molecular weight is 419 g/mol. The third kappa shape index (κ3) is 4.71. The molecule has 0 bridgehead atoms. The molecule has 30 heavy (non-hydrogen) atoms. The van der Waals surface area contributed by atoms with Gasteiger partial charge in [0.15, 0.2) is 0 Å². The SMILES string of the molecule is O=C(Nc1ccc(-c2ccccc2)cc1)C1CCN(C(=O)c2ccc(Cl)cc2)CC1. The molecule has 3 aromatic carbocycles. The first-order chi connectivity index (χ1) is 14.6. The Morgan fingerprint density at radius 1 is 0.800 bits per heavy atom. The molecule has 1 saturated heterocycles. The number of benzene rings is 3. The maximum absolute atomic E-state index is 12.7. The van der Waals surface area contributed by atoms with Crippen molar-refractivity contribution in [3.8, 4) is 11.1 Å². The van der Waals surface area contributed by atoms with E-state index < -0.39 is 0 Å². The fraction of sp³-hybridized carbons (Fsp3) is 0.200. The van der Waals surface area contributed by atoms with Crippen molar-refractivity contribution >= 4 is 29.1 Å². The van der Waals surface area contributed by atoms with Crippen molar-refractivity contribution in [1.82, 2.24) is 4.90 Å². The Morgan fingerprint density at radius 3 is 2.03 bits per heavy atom. The molecule has 0 spiro atoms. The lowest BCUT2D eigenvalue weighted by atomic mass is 9.95. The minimum absolute atomic E-state index is 0.0120. The summed E-state index contributed by atoms with van der Waals surface area (Å²) < 4.78 is 0. The highest BCUT2D eigenvalue weighted by Crippen LogP contribution is 2.24. The summed E-state index contributed by atoms with van der Waals surface area (Å²) in [6.07, 6.45) is 1.32. The average Bonchev–Trinajstić information content (AvgIpc) is 2.80. The van der Waals surface area contributed by atoms with Gasteiger partial charge in [-0.25, -0.2) is 0 Å². The molecule has 1 heterocycles. The largest absolute Gasteiger partial charge is 0.339 e. The summed E-state index contributed by atoms with van der Waals surface area (Å²) in [7, 11) is 0. The molecule has 3 aromatic rings. The van der Waals surface area contributed by atoms with Crippen LogP contribution in [0.3, 0.4) is 0 Å². The minimum atomic E-state index is -0.0898. The molecule has 5 heteroatoms. The summed E-state index contributed by atoms with van der Waals surface area (Å²) in [4.78, 5) is 27.1. The molecule has 1 N–H and O–H groups in total. The molecule has 1 aliphatic heterocycles. The molecule has 4 rings (SSSR count). The lowest BCUT2D eigenvalue weighted by molar-refractivity contribution is -0.121. The van der Waals surface area contributed by atoms with Crippen molar-refractivity contribution in [3.05, 3.63) is 89.4 Å². The molecule has 0 aliphatic carbocycles. The van der Waals surface area contributed by atoms with Crippen LogP contribution in [0.5, 0.6) is 0 Å². The summed E-state index contributed by atoms with van der Waals surface area (Å²) in [6, 6.07) is 24.9. The number of hydrogen-bond donors (Lipinski definition) is 1. The van der Waals surface area contributed by atoms with Gasteiger partial charge in [-0.2, -0.15) is 0 Å². The fourth-order valence-corrected chi connectivity index (χ4v) is 3.87. The summed E-state index contributed by atoms with van der Waals surface area (Å²) in [5.74, 6) is -0.0869. The Balaban J connectivity index is 1.31. The molecule has 1 aliphatic rings. The van der Waals surface area contributed by atoms with E-state index in [0.29, 0.717) is 36.5 Å². The molecule has 1 fully saturated rings. The number of carbonyl (C=O) groups excluding carboxylic acids is 2. The molecule has 0 saturated carbocycles. The van der Waals surface area contributed by atoms with Crippen molar-refractivity contribution in [3.63, 3.8) is 0 Å². The molecule has 0 atom stereocenters. The number of nitrogens with one attached hydrogen (secondary N) is 1. The zero-order valence-corrected chi connectivity index (χ0v) is 17.3.